The zero-order chi connectivity index (χ0) is 26.6. The second kappa shape index (κ2) is 11.5. The highest BCUT2D eigenvalue weighted by Gasteiger charge is 2.47. The molecule has 0 bridgehead atoms. The molecule has 0 radical (unpaired) electrons. The largest absolute Gasteiger partial charge is 0.441 e. The molecule has 0 aliphatic carbocycles. The van der Waals surface area contributed by atoms with Gasteiger partial charge in [-0.1, -0.05) is 59.6 Å². The van der Waals surface area contributed by atoms with Crippen LogP contribution in [0.25, 0.3) is 11.1 Å². The van der Waals surface area contributed by atoms with E-state index in [1.54, 1.807) is 11.0 Å². The second-order valence-electron chi connectivity index (χ2n) is 9.56. The van der Waals surface area contributed by atoms with Crippen LogP contribution in [0.1, 0.15) is 29.5 Å². The number of nitrogens with zero attached hydrogens (tertiary/aromatic N) is 2. The number of likely N-dealkylation sites (tertiary alicyclic amines) is 1. The van der Waals surface area contributed by atoms with Crippen LogP contribution in [0.15, 0.2) is 60.7 Å². The summed E-state index contributed by atoms with van der Waals surface area (Å²) in [6.07, 6.45) is 1.71. The number of para-hydroxylation sites is 1. The van der Waals surface area contributed by atoms with E-state index in [1.807, 2.05) is 42.5 Å². The Kier molecular flexibility index (Phi) is 8.35. The van der Waals surface area contributed by atoms with Crippen molar-refractivity contribution in [1.82, 2.24) is 4.90 Å². The fraction of sp³-hybridized carbons (Fsp3) is 0.310. The first kappa shape index (κ1) is 26.9. The van der Waals surface area contributed by atoms with Gasteiger partial charge in [-0.2, -0.15) is 9.59 Å². The van der Waals surface area contributed by atoms with E-state index in [9.17, 15) is 4.79 Å². The van der Waals surface area contributed by atoms with Crippen molar-refractivity contribution in [1.29, 1.82) is 0 Å². The van der Waals surface area contributed by atoms with Gasteiger partial charge in [-0.3, -0.25) is 9.80 Å². The minimum atomic E-state index is -0.384. The summed E-state index contributed by atoms with van der Waals surface area (Å²) >= 11 is 12.6. The van der Waals surface area contributed by atoms with E-state index < -0.39 is 0 Å². The van der Waals surface area contributed by atoms with Gasteiger partial charge in [0, 0.05) is 53.8 Å². The molecule has 0 atom stereocenters. The predicted molar refractivity (Wildman–Crippen MR) is 144 cm³/mol. The number of carbonyl (C=O) groups excluding carboxylic acids is 3. The van der Waals surface area contributed by atoms with E-state index >= 15 is 0 Å². The van der Waals surface area contributed by atoms with Crippen molar-refractivity contribution in [2.45, 2.75) is 38.8 Å². The Morgan fingerprint density at radius 2 is 1.57 bits per heavy atom. The number of amides is 1. The number of rotatable bonds is 4. The number of halogens is 2. The maximum Gasteiger partial charge on any atom is 0.415 e. The van der Waals surface area contributed by atoms with Gasteiger partial charge in [-0.25, -0.2) is 4.79 Å². The average molecular weight is 539 g/mol. The first-order chi connectivity index (χ1) is 17.7. The van der Waals surface area contributed by atoms with Crippen molar-refractivity contribution in [2.24, 2.45) is 0 Å². The SMILES string of the molecule is Cc1cc(CN2CCC3(CC2)CN(c2ccccc2)C(=O)O3)cc(C)c1-c1ccc(Cl)cc1Cl.O=C=O. The molecular weight excluding hydrogens is 511 g/mol. The molecule has 0 unspecified atom stereocenters. The first-order valence-corrected chi connectivity index (χ1v) is 12.8. The smallest absolute Gasteiger partial charge is 0.415 e. The molecule has 3 aromatic rings. The first-order valence-electron chi connectivity index (χ1n) is 12.1. The van der Waals surface area contributed by atoms with Gasteiger partial charge in [0.2, 0.25) is 0 Å². The van der Waals surface area contributed by atoms with Crippen molar-refractivity contribution in [3.63, 3.8) is 0 Å². The van der Waals surface area contributed by atoms with Crippen LogP contribution < -0.4 is 4.90 Å². The number of hydrogen-bond acceptors (Lipinski definition) is 5. The number of hydrogen-bond donors (Lipinski definition) is 0. The minimum Gasteiger partial charge on any atom is -0.441 e. The van der Waals surface area contributed by atoms with E-state index in [-0.39, 0.29) is 17.8 Å². The number of aryl methyl sites for hydroxylation is 2. The summed E-state index contributed by atoms with van der Waals surface area (Å²) in [4.78, 5) is 33.0. The summed E-state index contributed by atoms with van der Waals surface area (Å²) in [5, 5.41) is 1.31. The van der Waals surface area contributed by atoms with Crippen molar-refractivity contribution < 1.29 is 19.1 Å². The normalized spacial score (nSPS) is 16.6. The van der Waals surface area contributed by atoms with Crippen LogP contribution in [-0.4, -0.2) is 42.4 Å². The zero-order valence-corrected chi connectivity index (χ0v) is 22.3. The van der Waals surface area contributed by atoms with Crippen LogP contribution in [-0.2, 0) is 20.9 Å². The zero-order valence-electron chi connectivity index (χ0n) is 20.8. The maximum absolute atomic E-state index is 12.6. The number of anilines is 1. The summed E-state index contributed by atoms with van der Waals surface area (Å²) < 4.78 is 5.92. The standard InChI is InChI=1S/C28H28Cl2N2O2.CO2/c1-19-14-21(15-20(2)26(19)24-9-8-22(29)16-25(24)30)17-31-12-10-28(11-13-31)18-32(27(33)34-28)23-6-4-3-5-7-23;2-1-3/h3-9,14-16H,10-13,17-18H2,1-2H3;. The van der Waals surface area contributed by atoms with Gasteiger partial charge in [0.25, 0.3) is 0 Å². The predicted octanol–water partition coefficient (Wildman–Crippen LogP) is 6.69. The Hall–Kier alpha value is -3.15. The highest BCUT2D eigenvalue weighted by atomic mass is 35.5. The van der Waals surface area contributed by atoms with Gasteiger partial charge in [0.15, 0.2) is 0 Å². The van der Waals surface area contributed by atoms with E-state index in [0.717, 1.165) is 43.7 Å². The van der Waals surface area contributed by atoms with Crippen molar-refractivity contribution in [3.8, 4) is 11.1 Å². The molecule has 3 aromatic carbocycles. The lowest BCUT2D eigenvalue weighted by Crippen LogP contribution is -2.46. The van der Waals surface area contributed by atoms with E-state index in [0.29, 0.717) is 16.6 Å². The van der Waals surface area contributed by atoms with Gasteiger partial charge in [0.1, 0.15) is 5.60 Å². The summed E-state index contributed by atoms with van der Waals surface area (Å²) in [6.45, 7) is 7.58. The lowest BCUT2D eigenvalue weighted by Gasteiger charge is -2.37. The number of carbonyl (C=O) groups is 1. The van der Waals surface area contributed by atoms with Crippen LogP contribution in [0.3, 0.4) is 0 Å². The molecule has 6 nitrogen and oxygen atoms in total. The highest BCUT2D eigenvalue weighted by Crippen LogP contribution is 2.37. The minimum absolute atomic E-state index is 0.234. The molecule has 2 aliphatic rings. The third kappa shape index (κ3) is 6.06. The number of benzene rings is 3. The molecule has 1 amide bonds. The number of ether oxygens (including phenoxy) is 1. The molecule has 8 heteroatoms. The van der Waals surface area contributed by atoms with E-state index in [2.05, 4.69) is 30.9 Å². The Labute approximate surface area is 226 Å². The van der Waals surface area contributed by atoms with E-state index in [1.165, 1.54) is 22.3 Å². The molecule has 2 fully saturated rings. The third-order valence-electron chi connectivity index (χ3n) is 7.00. The lowest BCUT2D eigenvalue weighted by molar-refractivity contribution is -0.191. The maximum atomic E-state index is 12.6. The van der Waals surface area contributed by atoms with Gasteiger partial charge in [0.05, 0.1) is 6.54 Å². The van der Waals surface area contributed by atoms with Crippen LogP contribution in [0, 0.1) is 13.8 Å². The van der Waals surface area contributed by atoms with Crippen LogP contribution in [0.4, 0.5) is 10.5 Å². The molecule has 1 spiro atoms. The fourth-order valence-electron chi connectivity index (χ4n) is 5.33. The molecule has 37 heavy (non-hydrogen) atoms. The molecule has 0 aromatic heterocycles. The molecule has 5 rings (SSSR count). The summed E-state index contributed by atoms with van der Waals surface area (Å²) in [5.74, 6) is 0. The Morgan fingerprint density at radius 3 is 2.16 bits per heavy atom. The van der Waals surface area contributed by atoms with Gasteiger partial charge in [-0.15, -0.1) is 0 Å². The molecule has 192 valence electrons. The van der Waals surface area contributed by atoms with Gasteiger partial charge < -0.3 is 4.74 Å². The molecule has 0 N–H and O–H groups in total. The van der Waals surface area contributed by atoms with Gasteiger partial charge in [-0.05, 0) is 60.4 Å². The van der Waals surface area contributed by atoms with Crippen LogP contribution in [0.2, 0.25) is 10.0 Å². The second-order valence-corrected chi connectivity index (χ2v) is 10.4. The molecule has 2 aliphatic heterocycles. The highest BCUT2D eigenvalue weighted by molar-refractivity contribution is 6.36. The van der Waals surface area contributed by atoms with Crippen molar-refractivity contribution >= 4 is 41.1 Å². The molecule has 2 heterocycles. The van der Waals surface area contributed by atoms with Crippen LogP contribution >= 0.6 is 23.2 Å². The molecular formula is C29H28Cl2N2O4. The Balaban J connectivity index is 0.00000102. The fourth-order valence-corrected chi connectivity index (χ4v) is 5.83. The monoisotopic (exact) mass is 538 g/mol. The van der Waals surface area contributed by atoms with Crippen molar-refractivity contribution in [2.75, 3.05) is 24.5 Å². The lowest BCUT2D eigenvalue weighted by atomic mass is 9.90. The van der Waals surface area contributed by atoms with Crippen molar-refractivity contribution in [3.05, 3.63) is 87.4 Å². The summed E-state index contributed by atoms with van der Waals surface area (Å²) in [5.41, 5.74) is 6.39. The Bertz CT molecular complexity index is 1290. The van der Waals surface area contributed by atoms with Crippen LogP contribution in [0.5, 0.6) is 0 Å². The topological polar surface area (TPSA) is 66.9 Å². The summed E-state index contributed by atoms with van der Waals surface area (Å²) in [7, 11) is 0. The average Bonchev–Trinajstić information content (AvgIpc) is 3.18. The number of piperidine rings is 1. The van der Waals surface area contributed by atoms with E-state index in [4.69, 9.17) is 37.5 Å². The quantitative estimate of drug-likeness (QED) is 0.370. The Morgan fingerprint density at radius 1 is 0.946 bits per heavy atom. The molecule has 0 saturated carbocycles. The summed E-state index contributed by atoms with van der Waals surface area (Å²) in [6, 6.07) is 20.0. The van der Waals surface area contributed by atoms with Gasteiger partial charge >= 0.3 is 12.2 Å². The molecule has 2 saturated heterocycles. The third-order valence-corrected chi connectivity index (χ3v) is 7.55.